The average molecular weight is 274 g/mol. The first kappa shape index (κ1) is 13.4. The van der Waals surface area contributed by atoms with Gasteiger partial charge in [0.15, 0.2) is 0 Å². The minimum absolute atomic E-state index is 0.114. The van der Waals surface area contributed by atoms with Gasteiger partial charge >= 0.3 is 0 Å². The Kier molecular flexibility index (Phi) is 3.92. The summed E-state index contributed by atoms with van der Waals surface area (Å²) >= 11 is 0. The number of para-hydroxylation sites is 1. The van der Waals surface area contributed by atoms with E-state index in [-0.39, 0.29) is 11.8 Å². The fraction of sp³-hybridized carbons (Fsp3) is 0.562. The van der Waals surface area contributed by atoms with E-state index in [0.29, 0.717) is 18.7 Å². The summed E-state index contributed by atoms with van der Waals surface area (Å²) in [5, 5.41) is 6.51. The molecule has 4 heteroatoms. The third kappa shape index (κ3) is 2.66. The lowest BCUT2D eigenvalue weighted by atomic mass is 9.90. The summed E-state index contributed by atoms with van der Waals surface area (Å²) in [6.45, 7) is 0.469. The summed E-state index contributed by atoms with van der Waals surface area (Å²) in [6.07, 6.45) is 4.40. The highest BCUT2D eigenvalue weighted by Crippen LogP contribution is 2.33. The third-order valence-electron chi connectivity index (χ3n) is 4.50. The topological polar surface area (TPSA) is 50.4 Å². The predicted octanol–water partition coefficient (Wildman–Crippen LogP) is 1.81. The van der Waals surface area contributed by atoms with Gasteiger partial charge in [-0.15, -0.1) is 0 Å². The van der Waals surface area contributed by atoms with Crippen LogP contribution in [-0.4, -0.2) is 31.6 Å². The van der Waals surface area contributed by atoms with Gasteiger partial charge < -0.3 is 15.4 Å². The molecule has 1 amide bonds. The van der Waals surface area contributed by atoms with Crippen molar-refractivity contribution in [3.8, 4) is 5.75 Å². The van der Waals surface area contributed by atoms with Crippen LogP contribution < -0.4 is 15.4 Å². The van der Waals surface area contributed by atoms with Crippen molar-refractivity contribution in [3.63, 3.8) is 0 Å². The molecule has 3 rings (SSSR count). The molecular weight excluding hydrogens is 252 g/mol. The quantitative estimate of drug-likeness (QED) is 0.884. The Bertz CT molecular complexity index is 481. The van der Waals surface area contributed by atoms with Crippen molar-refractivity contribution >= 4 is 5.91 Å². The SMILES string of the molecule is CNC1CCC(NC(=O)C2COc3ccccc32)CC1. The molecule has 1 aliphatic carbocycles. The maximum Gasteiger partial charge on any atom is 0.231 e. The van der Waals surface area contributed by atoms with E-state index in [1.807, 2.05) is 31.3 Å². The normalized spacial score (nSPS) is 28.6. The molecule has 2 aliphatic rings. The Morgan fingerprint density at radius 2 is 1.85 bits per heavy atom. The monoisotopic (exact) mass is 274 g/mol. The highest BCUT2D eigenvalue weighted by molar-refractivity contribution is 5.85. The molecule has 1 aromatic carbocycles. The summed E-state index contributed by atoms with van der Waals surface area (Å²) in [7, 11) is 2.01. The zero-order valence-electron chi connectivity index (χ0n) is 11.9. The smallest absolute Gasteiger partial charge is 0.231 e. The van der Waals surface area contributed by atoms with Crippen LogP contribution in [0.2, 0.25) is 0 Å². The van der Waals surface area contributed by atoms with Gasteiger partial charge in [0.1, 0.15) is 18.3 Å². The lowest BCUT2D eigenvalue weighted by Crippen LogP contribution is -2.43. The third-order valence-corrected chi connectivity index (χ3v) is 4.50. The van der Waals surface area contributed by atoms with Gasteiger partial charge in [-0.05, 0) is 38.8 Å². The van der Waals surface area contributed by atoms with Gasteiger partial charge in [-0.2, -0.15) is 0 Å². The highest BCUT2D eigenvalue weighted by atomic mass is 16.5. The van der Waals surface area contributed by atoms with Gasteiger partial charge in [-0.3, -0.25) is 4.79 Å². The van der Waals surface area contributed by atoms with Crippen molar-refractivity contribution in [1.29, 1.82) is 0 Å². The average Bonchev–Trinajstić information content (AvgIpc) is 2.92. The van der Waals surface area contributed by atoms with Crippen LogP contribution in [0.1, 0.15) is 37.2 Å². The van der Waals surface area contributed by atoms with E-state index in [1.165, 1.54) is 0 Å². The van der Waals surface area contributed by atoms with Gasteiger partial charge in [0.05, 0.1) is 0 Å². The first-order chi connectivity index (χ1) is 9.78. The Balaban J connectivity index is 1.58. The van der Waals surface area contributed by atoms with Crippen LogP contribution in [0.15, 0.2) is 24.3 Å². The fourth-order valence-corrected chi connectivity index (χ4v) is 3.21. The summed E-state index contributed by atoms with van der Waals surface area (Å²) < 4.78 is 5.58. The Hall–Kier alpha value is -1.55. The maximum absolute atomic E-state index is 12.4. The van der Waals surface area contributed by atoms with E-state index >= 15 is 0 Å². The molecule has 1 atom stereocenters. The Labute approximate surface area is 119 Å². The number of rotatable bonds is 3. The van der Waals surface area contributed by atoms with Gasteiger partial charge in [0.25, 0.3) is 0 Å². The molecule has 0 radical (unpaired) electrons. The largest absolute Gasteiger partial charge is 0.492 e. The molecule has 1 saturated carbocycles. The number of carbonyl (C=O) groups excluding carboxylic acids is 1. The van der Waals surface area contributed by atoms with Crippen LogP contribution in [0, 0.1) is 0 Å². The standard InChI is InChI=1S/C16H22N2O2/c1-17-11-6-8-12(9-7-11)18-16(19)14-10-20-15-5-3-2-4-13(14)15/h2-5,11-12,14,17H,6-10H2,1H3,(H,18,19). The number of amides is 1. The van der Waals surface area contributed by atoms with E-state index in [9.17, 15) is 4.79 Å². The number of hydrogen-bond donors (Lipinski definition) is 2. The van der Waals surface area contributed by atoms with E-state index in [2.05, 4.69) is 10.6 Å². The van der Waals surface area contributed by atoms with Gasteiger partial charge in [0, 0.05) is 17.6 Å². The van der Waals surface area contributed by atoms with E-state index < -0.39 is 0 Å². The van der Waals surface area contributed by atoms with Crippen molar-refractivity contribution in [2.75, 3.05) is 13.7 Å². The predicted molar refractivity (Wildman–Crippen MR) is 77.9 cm³/mol. The molecule has 1 heterocycles. The zero-order valence-corrected chi connectivity index (χ0v) is 11.9. The van der Waals surface area contributed by atoms with Crippen molar-refractivity contribution in [1.82, 2.24) is 10.6 Å². The zero-order chi connectivity index (χ0) is 13.9. The minimum Gasteiger partial charge on any atom is -0.492 e. The second kappa shape index (κ2) is 5.83. The molecule has 2 N–H and O–H groups in total. The highest BCUT2D eigenvalue weighted by Gasteiger charge is 2.31. The second-order valence-corrected chi connectivity index (χ2v) is 5.75. The van der Waals surface area contributed by atoms with Crippen molar-refractivity contribution in [2.24, 2.45) is 0 Å². The molecule has 4 nitrogen and oxygen atoms in total. The van der Waals surface area contributed by atoms with E-state index in [0.717, 1.165) is 37.0 Å². The number of fused-ring (bicyclic) bond motifs is 1. The molecule has 0 spiro atoms. The molecule has 1 fully saturated rings. The van der Waals surface area contributed by atoms with E-state index in [4.69, 9.17) is 4.74 Å². The van der Waals surface area contributed by atoms with Crippen molar-refractivity contribution in [3.05, 3.63) is 29.8 Å². The van der Waals surface area contributed by atoms with Gasteiger partial charge in [-0.25, -0.2) is 0 Å². The minimum atomic E-state index is -0.145. The van der Waals surface area contributed by atoms with Crippen LogP contribution >= 0.6 is 0 Å². The maximum atomic E-state index is 12.4. The van der Waals surface area contributed by atoms with Gasteiger partial charge in [0.2, 0.25) is 5.91 Å². The molecular formula is C16H22N2O2. The first-order valence-electron chi connectivity index (χ1n) is 7.47. The number of hydrogen-bond acceptors (Lipinski definition) is 3. The first-order valence-corrected chi connectivity index (χ1v) is 7.47. The number of carbonyl (C=O) groups is 1. The number of benzene rings is 1. The molecule has 1 aliphatic heterocycles. The summed E-state index contributed by atoms with van der Waals surface area (Å²) in [4.78, 5) is 12.4. The Morgan fingerprint density at radius 3 is 2.60 bits per heavy atom. The molecule has 1 aromatic rings. The number of nitrogens with one attached hydrogen (secondary N) is 2. The van der Waals surface area contributed by atoms with Crippen LogP contribution in [0.4, 0.5) is 0 Å². The lowest BCUT2D eigenvalue weighted by Gasteiger charge is -2.29. The molecule has 108 valence electrons. The van der Waals surface area contributed by atoms with Crippen molar-refractivity contribution in [2.45, 2.75) is 43.7 Å². The van der Waals surface area contributed by atoms with Crippen LogP contribution in [-0.2, 0) is 4.79 Å². The van der Waals surface area contributed by atoms with E-state index in [1.54, 1.807) is 0 Å². The molecule has 0 aromatic heterocycles. The van der Waals surface area contributed by atoms with Crippen molar-refractivity contribution < 1.29 is 9.53 Å². The molecule has 0 bridgehead atoms. The second-order valence-electron chi connectivity index (χ2n) is 5.75. The summed E-state index contributed by atoms with van der Waals surface area (Å²) in [6, 6.07) is 8.76. The van der Waals surface area contributed by atoms with Gasteiger partial charge in [-0.1, -0.05) is 18.2 Å². The fourth-order valence-electron chi connectivity index (χ4n) is 3.21. The Morgan fingerprint density at radius 1 is 1.15 bits per heavy atom. The van der Waals surface area contributed by atoms with Crippen LogP contribution in [0.25, 0.3) is 0 Å². The summed E-state index contributed by atoms with van der Waals surface area (Å²) in [5.41, 5.74) is 1.02. The summed E-state index contributed by atoms with van der Waals surface area (Å²) in [5.74, 6) is 0.822. The molecule has 1 unspecified atom stereocenters. The molecule has 0 saturated heterocycles. The van der Waals surface area contributed by atoms with Crippen LogP contribution in [0.3, 0.4) is 0 Å². The molecule has 20 heavy (non-hydrogen) atoms. The lowest BCUT2D eigenvalue weighted by molar-refractivity contribution is -0.123. The number of ether oxygens (including phenoxy) is 1. The van der Waals surface area contributed by atoms with Crippen LogP contribution in [0.5, 0.6) is 5.75 Å².